The zero-order chi connectivity index (χ0) is 12.5. The Kier molecular flexibility index (Phi) is 7.87. The SMILES string of the molecule is CCCC(CCC)COCC1CCN(C)CC1. The first-order valence-electron chi connectivity index (χ1n) is 7.52. The molecule has 1 aliphatic rings. The lowest BCUT2D eigenvalue weighted by Crippen LogP contribution is -2.32. The first kappa shape index (κ1) is 15.0. The fourth-order valence-corrected chi connectivity index (χ4v) is 2.76. The van der Waals surface area contributed by atoms with Gasteiger partial charge in [0, 0.05) is 13.2 Å². The summed E-state index contributed by atoms with van der Waals surface area (Å²) >= 11 is 0. The van der Waals surface area contributed by atoms with Crippen molar-refractivity contribution < 1.29 is 4.74 Å². The summed E-state index contributed by atoms with van der Waals surface area (Å²) in [6, 6.07) is 0. The van der Waals surface area contributed by atoms with Crippen LogP contribution >= 0.6 is 0 Å². The number of piperidine rings is 1. The highest BCUT2D eigenvalue weighted by Crippen LogP contribution is 2.18. The van der Waals surface area contributed by atoms with Gasteiger partial charge in [-0.05, 0) is 57.7 Å². The Balaban J connectivity index is 2.08. The van der Waals surface area contributed by atoms with Crippen LogP contribution in [0.25, 0.3) is 0 Å². The first-order chi connectivity index (χ1) is 8.26. The average Bonchev–Trinajstić information content (AvgIpc) is 2.32. The summed E-state index contributed by atoms with van der Waals surface area (Å²) in [4.78, 5) is 2.42. The van der Waals surface area contributed by atoms with Crippen LogP contribution < -0.4 is 0 Å². The van der Waals surface area contributed by atoms with Crippen LogP contribution in [-0.2, 0) is 4.74 Å². The minimum atomic E-state index is 0.802. The van der Waals surface area contributed by atoms with Crippen molar-refractivity contribution in [3.63, 3.8) is 0 Å². The lowest BCUT2D eigenvalue weighted by atomic mass is 9.97. The Morgan fingerprint density at radius 2 is 1.71 bits per heavy atom. The molecule has 1 heterocycles. The van der Waals surface area contributed by atoms with Crippen molar-refractivity contribution in [1.29, 1.82) is 0 Å². The summed E-state index contributed by atoms with van der Waals surface area (Å²) in [5, 5.41) is 0. The molecule has 0 N–H and O–H groups in total. The number of hydrogen-bond acceptors (Lipinski definition) is 2. The van der Waals surface area contributed by atoms with Crippen LogP contribution in [0.2, 0.25) is 0 Å². The van der Waals surface area contributed by atoms with Gasteiger partial charge in [0.1, 0.15) is 0 Å². The monoisotopic (exact) mass is 241 g/mol. The third-order valence-electron chi connectivity index (χ3n) is 3.94. The molecule has 2 nitrogen and oxygen atoms in total. The zero-order valence-corrected chi connectivity index (χ0v) is 12.1. The zero-order valence-electron chi connectivity index (χ0n) is 12.1. The molecule has 1 fully saturated rings. The lowest BCUT2D eigenvalue weighted by Gasteiger charge is -2.29. The molecule has 0 atom stereocenters. The molecule has 2 heteroatoms. The molecule has 0 bridgehead atoms. The van der Waals surface area contributed by atoms with Gasteiger partial charge in [-0.2, -0.15) is 0 Å². The maximum Gasteiger partial charge on any atom is 0.0495 e. The van der Waals surface area contributed by atoms with E-state index in [9.17, 15) is 0 Å². The van der Waals surface area contributed by atoms with Gasteiger partial charge in [-0.15, -0.1) is 0 Å². The van der Waals surface area contributed by atoms with Crippen molar-refractivity contribution in [2.24, 2.45) is 11.8 Å². The van der Waals surface area contributed by atoms with E-state index in [2.05, 4.69) is 25.8 Å². The first-order valence-corrected chi connectivity index (χ1v) is 7.52. The van der Waals surface area contributed by atoms with E-state index < -0.39 is 0 Å². The molecule has 0 aliphatic carbocycles. The van der Waals surface area contributed by atoms with Crippen LogP contribution in [0.15, 0.2) is 0 Å². The van der Waals surface area contributed by atoms with Gasteiger partial charge in [0.2, 0.25) is 0 Å². The van der Waals surface area contributed by atoms with Crippen LogP contribution in [0.4, 0.5) is 0 Å². The Labute approximate surface area is 108 Å². The molecule has 0 aromatic rings. The smallest absolute Gasteiger partial charge is 0.0495 e. The maximum atomic E-state index is 5.96. The topological polar surface area (TPSA) is 12.5 Å². The number of likely N-dealkylation sites (tertiary alicyclic amines) is 1. The Morgan fingerprint density at radius 3 is 2.24 bits per heavy atom. The summed E-state index contributed by atoms with van der Waals surface area (Å²) in [5.74, 6) is 1.62. The van der Waals surface area contributed by atoms with E-state index >= 15 is 0 Å². The van der Waals surface area contributed by atoms with Crippen LogP contribution in [0.5, 0.6) is 0 Å². The summed E-state index contributed by atoms with van der Waals surface area (Å²) in [5.41, 5.74) is 0. The number of nitrogens with zero attached hydrogens (tertiary/aromatic N) is 1. The van der Waals surface area contributed by atoms with Gasteiger partial charge >= 0.3 is 0 Å². The van der Waals surface area contributed by atoms with E-state index in [1.54, 1.807) is 0 Å². The van der Waals surface area contributed by atoms with Crippen LogP contribution in [-0.4, -0.2) is 38.3 Å². The third kappa shape index (κ3) is 6.42. The number of ether oxygens (including phenoxy) is 1. The number of rotatable bonds is 8. The normalized spacial score (nSPS) is 19.1. The summed E-state index contributed by atoms with van der Waals surface area (Å²) < 4.78 is 5.96. The second-order valence-electron chi connectivity index (χ2n) is 5.73. The summed E-state index contributed by atoms with van der Waals surface area (Å²) in [6.45, 7) is 9.05. The minimum absolute atomic E-state index is 0.802. The van der Waals surface area contributed by atoms with Gasteiger partial charge in [0.25, 0.3) is 0 Å². The van der Waals surface area contributed by atoms with Crippen molar-refractivity contribution in [3.05, 3.63) is 0 Å². The van der Waals surface area contributed by atoms with Crippen molar-refractivity contribution in [3.8, 4) is 0 Å². The van der Waals surface area contributed by atoms with Crippen LogP contribution in [0.3, 0.4) is 0 Å². The van der Waals surface area contributed by atoms with Crippen molar-refractivity contribution in [2.45, 2.75) is 52.4 Å². The minimum Gasteiger partial charge on any atom is -0.381 e. The second kappa shape index (κ2) is 8.93. The van der Waals surface area contributed by atoms with E-state index in [4.69, 9.17) is 4.74 Å². The molecular weight excluding hydrogens is 210 g/mol. The quantitative estimate of drug-likeness (QED) is 0.644. The summed E-state index contributed by atoms with van der Waals surface area (Å²) in [7, 11) is 2.22. The Bertz CT molecular complexity index is 170. The summed E-state index contributed by atoms with van der Waals surface area (Å²) in [6.07, 6.45) is 7.90. The molecule has 102 valence electrons. The van der Waals surface area contributed by atoms with Crippen molar-refractivity contribution >= 4 is 0 Å². The van der Waals surface area contributed by atoms with E-state index in [0.717, 1.165) is 25.0 Å². The molecule has 1 saturated heterocycles. The van der Waals surface area contributed by atoms with Gasteiger partial charge in [0.15, 0.2) is 0 Å². The average molecular weight is 241 g/mol. The molecule has 0 unspecified atom stereocenters. The van der Waals surface area contributed by atoms with Gasteiger partial charge in [0.05, 0.1) is 0 Å². The lowest BCUT2D eigenvalue weighted by molar-refractivity contribution is 0.0470. The van der Waals surface area contributed by atoms with Crippen LogP contribution in [0.1, 0.15) is 52.4 Å². The largest absolute Gasteiger partial charge is 0.381 e. The number of hydrogen-bond donors (Lipinski definition) is 0. The van der Waals surface area contributed by atoms with E-state index in [1.807, 2.05) is 0 Å². The fourth-order valence-electron chi connectivity index (χ4n) is 2.76. The third-order valence-corrected chi connectivity index (χ3v) is 3.94. The van der Waals surface area contributed by atoms with E-state index in [-0.39, 0.29) is 0 Å². The molecule has 1 aliphatic heterocycles. The van der Waals surface area contributed by atoms with Crippen LogP contribution in [0, 0.1) is 11.8 Å². The second-order valence-corrected chi connectivity index (χ2v) is 5.73. The fraction of sp³-hybridized carbons (Fsp3) is 1.00. The molecule has 0 amide bonds. The highest BCUT2D eigenvalue weighted by Gasteiger charge is 2.17. The molecule has 17 heavy (non-hydrogen) atoms. The maximum absolute atomic E-state index is 5.96. The van der Waals surface area contributed by atoms with Gasteiger partial charge < -0.3 is 9.64 Å². The van der Waals surface area contributed by atoms with Crippen molar-refractivity contribution in [1.82, 2.24) is 4.90 Å². The predicted octanol–water partition coefficient (Wildman–Crippen LogP) is 3.56. The highest BCUT2D eigenvalue weighted by atomic mass is 16.5. The van der Waals surface area contributed by atoms with E-state index in [0.29, 0.717) is 0 Å². The molecule has 0 aromatic carbocycles. The van der Waals surface area contributed by atoms with Gasteiger partial charge in [-0.25, -0.2) is 0 Å². The molecule has 0 spiro atoms. The molecular formula is C15H31NO. The van der Waals surface area contributed by atoms with E-state index in [1.165, 1.54) is 51.6 Å². The Morgan fingerprint density at radius 1 is 1.12 bits per heavy atom. The molecule has 0 radical (unpaired) electrons. The molecule has 1 rings (SSSR count). The Hall–Kier alpha value is -0.0800. The van der Waals surface area contributed by atoms with Gasteiger partial charge in [-0.1, -0.05) is 26.7 Å². The standard InChI is InChI=1S/C15H31NO/c1-4-6-14(7-5-2)12-17-13-15-8-10-16(3)11-9-15/h14-15H,4-13H2,1-3H3. The van der Waals surface area contributed by atoms with Gasteiger partial charge in [-0.3, -0.25) is 0 Å². The molecule has 0 saturated carbocycles. The molecule has 0 aromatic heterocycles. The highest BCUT2D eigenvalue weighted by molar-refractivity contribution is 4.69. The van der Waals surface area contributed by atoms with Crippen molar-refractivity contribution in [2.75, 3.05) is 33.4 Å². The predicted molar refractivity (Wildman–Crippen MR) is 74.3 cm³/mol.